The van der Waals surface area contributed by atoms with Crippen LogP contribution in [0.25, 0.3) is 11.5 Å². The molecule has 7 heteroatoms. The zero-order chi connectivity index (χ0) is 27.1. The number of carbonyl (C=O) groups is 2. The maximum atomic E-state index is 12.9. The van der Waals surface area contributed by atoms with E-state index in [-0.39, 0.29) is 18.9 Å². The summed E-state index contributed by atoms with van der Waals surface area (Å²) in [6.07, 6.45) is 0.944. The monoisotopic (exact) mass is 512 g/mol. The zero-order valence-electron chi connectivity index (χ0n) is 21.9. The third-order valence-electron chi connectivity index (χ3n) is 6.38. The minimum atomic E-state index is -0.867. The Morgan fingerprint density at radius 2 is 1.74 bits per heavy atom. The molecular weight excluding hydrogens is 480 g/mol. The van der Waals surface area contributed by atoms with E-state index in [1.54, 1.807) is 0 Å². The van der Waals surface area contributed by atoms with Crippen LogP contribution in [0.4, 0.5) is 0 Å². The highest BCUT2D eigenvalue weighted by Crippen LogP contribution is 2.23. The van der Waals surface area contributed by atoms with Crippen LogP contribution in [0.1, 0.15) is 50.5 Å². The van der Waals surface area contributed by atoms with Crippen LogP contribution in [0.3, 0.4) is 0 Å². The molecule has 2 N–H and O–H groups in total. The van der Waals surface area contributed by atoms with E-state index in [0.717, 1.165) is 39.3 Å². The molecule has 0 radical (unpaired) electrons. The van der Waals surface area contributed by atoms with Gasteiger partial charge in [0.05, 0.1) is 12.3 Å². The maximum Gasteiger partial charge on any atom is 0.303 e. The summed E-state index contributed by atoms with van der Waals surface area (Å²) in [5, 5.41) is 12.1. The van der Waals surface area contributed by atoms with E-state index in [1.807, 2.05) is 87.5 Å². The van der Waals surface area contributed by atoms with E-state index in [9.17, 15) is 9.59 Å². The Morgan fingerprint density at radius 1 is 0.947 bits per heavy atom. The lowest BCUT2D eigenvalue weighted by molar-refractivity contribution is -0.136. The number of amides is 1. The second kappa shape index (κ2) is 12.2. The molecule has 0 spiro atoms. The Kier molecular flexibility index (Phi) is 8.58. The Balaban J connectivity index is 1.43. The molecule has 4 rings (SSSR count). The fraction of sp³-hybridized carbons (Fsp3) is 0.258. The first-order chi connectivity index (χ1) is 18.3. The largest absolute Gasteiger partial charge is 0.493 e. The molecule has 1 amide bonds. The van der Waals surface area contributed by atoms with Gasteiger partial charge < -0.3 is 19.6 Å². The highest BCUT2D eigenvalue weighted by molar-refractivity contribution is 5.95. The van der Waals surface area contributed by atoms with E-state index in [4.69, 9.17) is 14.3 Å². The van der Waals surface area contributed by atoms with Gasteiger partial charge in [0.2, 0.25) is 5.89 Å². The Labute approximate surface area is 222 Å². The van der Waals surface area contributed by atoms with Crippen LogP contribution in [0.5, 0.6) is 5.75 Å². The number of hydrogen-bond donors (Lipinski definition) is 2. The number of nitrogens with one attached hydrogen (secondary N) is 1. The van der Waals surface area contributed by atoms with Gasteiger partial charge in [-0.2, -0.15) is 0 Å². The summed E-state index contributed by atoms with van der Waals surface area (Å²) >= 11 is 0. The topological polar surface area (TPSA) is 102 Å². The van der Waals surface area contributed by atoms with Gasteiger partial charge in [0.1, 0.15) is 11.5 Å². The van der Waals surface area contributed by atoms with Gasteiger partial charge in [0.15, 0.2) is 0 Å². The van der Waals surface area contributed by atoms with Gasteiger partial charge in [-0.05, 0) is 74.2 Å². The Morgan fingerprint density at radius 3 is 2.50 bits per heavy atom. The van der Waals surface area contributed by atoms with Gasteiger partial charge in [-0.15, -0.1) is 0 Å². The van der Waals surface area contributed by atoms with Crippen LogP contribution < -0.4 is 10.1 Å². The number of hydrogen-bond acceptors (Lipinski definition) is 5. The summed E-state index contributed by atoms with van der Waals surface area (Å²) in [6, 6.07) is 21.1. The quantitative estimate of drug-likeness (QED) is 0.262. The molecule has 1 heterocycles. The van der Waals surface area contributed by atoms with Crippen LogP contribution in [0.15, 0.2) is 71.1 Å². The number of rotatable bonds is 11. The van der Waals surface area contributed by atoms with E-state index < -0.39 is 5.97 Å². The number of ether oxygens (including phenoxy) is 1. The molecule has 3 aromatic carbocycles. The van der Waals surface area contributed by atoms with Gasteiger partial charge in [-0.1, -0.05) is 42.0 Å². The average molecular weight is 513 g/mol. The van der Waals surface area contributed by atoms with Crippen LogP contribution in [-0.4, -0.2) is 28.6 Å². The number of aliphatic carboxylic acids is 1. The number of carboxylic acid groups (broad SMARTS) is 1. The lowest BCUT2D eigenvalue weighted by Crippen LogP contribution is -2.24. The molecule has 0 saturated carbocycles. The normalized spacial score (nSPS) is 10.8. The SMILES string of the molecule is Cc1ccc(C)c(C(=O)NCc2cc(OCCc3nc(-c4ccccc4)oc3C)ccc2CCC(=O)O)c1. The minimum Gasteiger partial charge on any atom is -0.493 e. The van der Waals surface area contributed by atoms with Crippen LogP contribution in [0, 0.1) is 20.8 Å². The van der Waals surface area contributed by atoms with Crippen molar-refractivity contribution in [3.8, 4) is 17.2 Å². The van der Waals surface area contributed by atoms with E-state index in [1.165, 1.54) is 0 Å². The van der Waals surface area contributed by atoms with Crippen molar-refractivity contribution in [1.82, 2.24) is 10.3 Å². The van der Waals surface area contributed by atoms with Crippen LogP contribution in [0.2, 0.25) is 0 Å². The number of nitrogens with zero attached hydrogens (tertiary/aromatic N) is 1. The second-order valence-electron chi connectivity index (χ2n) is 9.31. The second-order valence-corrected chi connectivity index (χ2v) is 9.31. The number of aryl methyl sites for hydroxylation is 4. The zero-order valence-corrected chi connectivity index (χ0v) is 21.9. The maximum absolute atomic E-state index is 12.9. The number of aromatic nitrogens is 1. The predicted octanol–water partition coefficient (Wildman–Crippen LogP) is 5.84. The first-order valence-corrected chi connectivity index (χ1v) is 12.6. The molecule has 1 aromatic heterocycles. The summed E-state index contributed by atoms with van der Waals surface area (Å²) < 4.78 is 11.9. The summed E-state index contributed by atoms with van der Waals surface area (Å²) in [5.41, 5.74) is 5.98. The molecule has 4 aromatic rings. The fourth-order valence-corrected chi connectivity index (χ4v) is 4.22. The fourth-order valence-electron chi connectivity index (χ4n) is 4.22. The summed E-state index contributed by atoms with van der Waals surface area (Å²) in [5.74, 6) is 0.949. The molecule has 38 heavy (non-hydrogen) atoms. The summed E-state index contributed by atoms with van der Waals surface area (Å²) in [4.78, 5) is 28.7. The van der Waals surface area contributed by atoms with Gasteiger partial charge in [-0.25, -0.2) is 4.98 Å². The van der Waals surface area contributed by atoms with Crippen molar-refractivity contribution in [3.63, 3.8) is 0 Å². The number of carbonyl (C=O) groups excluding carboxylic acids is 1. The third-order valence-corrected chi connectivity index (χ3v) is 6.38. The van der Waals surface area contributed by atoms with Gasteiger partial charge in [-0.3, -0.25) is 9.59 Å². The summed E-state index contributed by atoms with van der Waals surface area (Å²) in [7, 11) is 0. The predicted molar refractivity (Wildman–Crippen MR) is 145 cm³/mol. The lowest BCUT2D eigenvalue weighted by atomic mass is 10.0. The molecule has 0 unspecified atom stereocenters. The van der Waals surface area contributed by atoms with Crippen molar-refractivity contribution in [2.24, 2.45) is 0 Å². The highest BCUT2D eigenvalue weighted by atomic mass is 16.5. The Hall–Kier alpha value is -4.39. The number of benzene rings is 3. The van der Waals surface area contributed by atoms with Crippen LogP contribution in [-0.2, 0) is 24.2 Å². The number of oxazole rings is 1. The van der Waals surface area contributed by atoms with Crippen LogP contribution >= 0.6 is 0 Å². The molecule has 0 saturated heterocycles. The molecule has 196 valence electrons. The smallest absolute Gasteiger partial charge is 0.303 e. The van der Waals surface area contributed by atoms with Gasteiger partial charge >= 0.3 is 5.97 Å². The van der Waals surface area contributed by atoms with Crippen molar-refractivity contribution >= 4 is 11.9 Å². The van der Waals surface area contributed by atoms with Gasteiger partial charge in [0, 0.05) is 30.5 Å². The van der Waals surface area contributed by atoms with Crippen molar-refractivity contribution in [2.45, 2.75) is 46.6 Å². The van der Waals surface area contributed by atoms with E-state index in [2.05, 4.69) is 10.3 Å². The van der Waals surface area contributed by atoms with Crippen molar-refractivity contribution in [2.75, 3.05) is 6.61 Å². The molecule has 7 nitrogen and oxygen atoms in total. The Bertz CT molecular complexity index is 1430. The van der Waals surface area contributed by atoms with E-state index >= 15 is 0 Å². The molecule has 0 atom stereocenters. The molecular formula is C31H32N2O5. The molecule has 0 bridgehead atoms. The number of carboxylic acids is 1. The highest BCUT2D eigenvalue weighted by Gasteiger charge is 2.14. The van der Waals surface area contributed by atoms with Crippen molar-refractivity contribution < 1.29 is 23.8 Å². The first-order valence-electron chi connectivity index (χ1n) is 12.6. The molecule has 0 aliphatic heterocycles. The van der Waals surface area contributed by atoms with E-state index in [0.29, 0.717) is 36.7 Å². The lowest BCUT2D eigenvalue weighted by Gasteiger charge is -2.14. The summed E-state index contributed by atoms with van der Waals surface area (Å²) in [6.45, 7) is 6.40. The van der Waals surface area contributed by atoms with Crippen molar-refractivity contribution in [1.29, 1.82) is 0 Å². The molecule has 0 fully saturated rings. The third kappa shape index (κ3) is 6.88. The molecule has 0 aliphatic carbocycles. The van der Waals surface area contributed by atoms with Gasteiger partial charge in [0.25, 0.3) is 5.91 Å². The standard InChI is InChI=1S/C31H32N2O5/c1-20-9-10-21(2)27(17-20)30(36)32-19-25-18-26(13-11-23(25)12-14-29(34)35)37-16-15-28-22(3)38-31(33-28)24-7-5-4-6-8-24/h4-11,13,17-18H,12,14-16,19H2,1-3H3,(H,32,36)(H,34,35). The average Bonchev–Trinajstić information content (AvgIpc) is 3.28. The minimum absolute atomic E-state index is 0.00726. The molecule has 0 aliphatic rings. The first kappa shape index (κ1) is 26.7. The van der Waals surface area contributed by atoms with Crippen molar-refractivity contribution in [3.05, 3.63) is 106 Å².